The second kappa shape index (κ2) is 6.00. The van der Waals surface area contributed by atoms with Crippen LogP contribution in [0.15, 0.2) is 10.7 Å². The van der Waals surface area contributed by atoms with Crippen LogP contribution in [0.5, 0.6) is 0 Å². The topological polar surface area (TPSA) is 37.8 Å². The zero-order valence-electron chi connectivity index (χ0n) is 11.3. The van der Waals surface area contributed by atoms with Crippen molar-refractivity contribution < 1.29 is 0 Å². The molecule has 3 nitrogen and oxygen atoms in total. The summed E-state index contributed by atoms with van der Waals surface area (Å²) in [6.45, 7) is 5.48. The van der Waals surface area contributed by atoms with Gasteiger partial charge in [0.25, 0.3) is 0 Å². The molecule has 1 fully saturated rings. The lowest BCUT2D eigenvalue weighted by Crippen LogP contribution is -2.29. The van der Waals surface area contributed by atoms with E-state index in [9.17, 15) is 0 Å². The molecule has 1 aromatic heterocycles. The average Bonchev–Trinajstić information content (AvgIpc) is 2.37. The van der Waals surface area contributed by atoms with Gasteiger partial charge in [-0.2, -0.15) is 0 Å². The van der Waals surface area contributed by atoms with Crippen molar-refractivity contribution in [2.75, 3.05) is 11.9 Å². The smallest absolute Gasteiger partial charge is 0.131 e. The third kappa shape index (κ3) is 3.67. The number of anilines is 1. The number of aryl methyl sites for hydroxylation is 1. The van der Waals surface area contributed by atoms with Crippen molar-refractivity contribution in [1.29, 1.82) is 0 Å². The molecule has 0 aliphatic heterocycles. The molecule has 0 aromatic carbocycles. The first-order chi connectivity index (χ1) is 8.61. The summed E-state index contributed by atoms with van der Waals surface area (Å²) in [5, 5.41) is 3.49. The average molecular weight is 312 g/mol. The predicted molar refractivity (Wildman–Crippen MR) is 78.8 cm³/mol. The molecule has 4 heteroatoms. The molecule has 0 bridgehead atoms. The zero-order valence-corrected chi connectivity index (χ0v) is 12.9. The summed E-state index contributed by atoms with van der Waals surface area (Å²) in [5.74, 6) is 1.83. The van der Waals surface area contributed by atoms with Crippen LogP contribution in [0, 0.1) is 5.41 Å². The van der Waals surface area contributed by atoms with Gasteiger partial charge in [0.05, 0.1) is 0 Å². The lowest BCUT2D eigenvalue weighted by atomic mass is 9.76. The fraction of sp³-hybridized carbons (Fsp3) is 0.714. The quantitative estimate of drug-likeness (QED) is 0.847. The van der Waals surface area contributed by atoms with Crippen LogP contribution >= 0.6 is 15.9 Å². The van der Waals surface area contributed by atoms with Crippen LogP contribution in [-0.2, 0) is 6.42 Å². The standard InChI is InChI=1S/C14H22BrN3/c1-3-12-17-11(15)9-13(18-12)16-10-14(2)7-5-4-6-8-14/h9H,3-8,10H2,1-2H3,(H,16,17,18). The van der Waals surface area contributed by atoms with E-state index in [0.29, 0.717) is 5.41 Å². The van der Waals surface area contributed by atoms with Crippen LogP contribution in [0.25, 0.3) is 0 Å². The maximum atomic E-state index is 4.52. The van der Waals surface area contributed by atoms with Gasteiger partial charge in [-0.3, -0.25) is 0 Å². The Hall–Kier alpha value is -0.640. The van der Waals surface area contributed by atoms with Gasteiger partial charge in [0, 0.05) is 19.0 Å². The Kier molecular flexibility index (Phi) is 4.60. The number of halogens is 1. The van der Waals surface area contributed by atoms with E-state index in [0.717, 1.165) is 29.2 Å². The van der Waals surface area contributed by atoms with Crippen LogP contribution in [0.3, 0.4) is 0 Å². The lowest BCUT2D eigenvalue weighted by molar-refractivity contribution is 0.233. The van der Waals surface area contributed by atoms with E-state index in [4.69, 9.17) is 0 Å². The number of aromatic nitrogens is 2. The fourth-order valence-electron chi connectivity index (χ4n) is 2.60. The summed E-state index contributed by atoms with van der Waals surface area (Å²) in [5.41, 5.74) is 0.433. The summed E-state index contributed by atoms with van der Waals surface area (Å²) in [6.07, 6.45) is 7.65. The molecular formula is C14H22BrN3. The van der Waals surface area contributed by atoms with E-state index in [1.807, 2.05) is 6.07 Å². The van der Waals surface area contributed by atoms with Crippen LogP contribution in [-0.4, -0.2) is 16.5 Å². The number of nitrogens with one attached hydrogen (secondary N) is 1. The molecule has 1 N–H and O–H groups in total. The maximum absolute atomic E-state index is 4.52. The van der Waals surface area contributed by atoms with Gasteiger partial charge in [-0.05, 0) is 34.2 Å². The molecule has 100 valence electrons. The normalized spacial score (nSPS) is 18.6. The van der Waals surface area contributed by atoms with Gasteiger partial charge in [-0.1, -0.05) is 33.1 Å². The molecular weight excluding hydrogens is 290 g/mol. The van der Waals surface area contributed by atoms with Crippen LogP contribution in [0.2, 0.25) is 0 Å². The molecule has 0 spiro atoms. The minimum atomic E-state index is 0.433. The van der Waals surface area contributed by atoms with E-state index in [1.165, 1.54) is 32.1 Å². The van der Waals surface area contributed by atoms with Gasteiger partial charge < -0.3 is 5.32 Å². The summed E-state index contributed by atoms with van der Waals surface area (Å²) in [4.78, 5) is 8.85. The molecule has 0 atom stereocenters. The third-order valence-corrected chi connectivity index (χ3v) is 4.22. The minimum absolute atomic E-state index is 0.433. The van der Waals surface area contributed by atoms with Crippen LogP contribution in [0.4, 0.5) is 5.82 Å². The number of nitrogens with zero attached hydrogens (tertiary/aromatic N) is 2. The van der Waals surface area contributed by atoms with E-state index in [1.54, 1.807) is 0 Å². The summed E-state index contributed by atoms with van der Waals surface area (Å²) < 4.78 is 0.866. The van der Waals surface area contributed by atoms with E-state index >= 15 is 0 Å². The van der Waals surface area contributed by atoms with Gasteiger partial charge in [-0.15, -0.1) is 0 Å². The van der Waals surface area contributed by atoms with Gasteiger partial charge in [0.15, 0.2) is 0 Å². The highest BCUT2D eigenvalue weighted by molar-refractivity contribution is 9.10. The Morgan fingerprint density at radius 1 is 1.28 bits per heavy atom. The van der Waals surface area contributed by atoms with Crippen molar-refractivity contribution in [1.82, 2.24) is 9.97 Å². The summed E-state index contributed by atoms with van der Waals surface area (Å²) >= 11 is 3.44. The maximum Gasteiger partial charge on any atom is 0.131 e. The first-order valence-corrected chi connectivity index (χ1v) is 7.68. The monoisotopic (exact) mass is 311 g/mol. The van der Waals surface area contributed by atoms with E-state index in [2.05, 4.69) is 45.1 Å². The highest BCUT2D eigenvalue weighted by Gasteiger charge is 2.26. The Labute approximate surface area is 118 Å². The number of hydrogen-bond donors (Lipinski definition) is 1. The van der Waals surface area contributed by atoms with E-state index < -0.39 is 0 Å². The minimum Gasteiger partial charge on any atom is -0.369 e. The molecule has 0 unspecified atom stereocenters. The molecule has 1 heterocycles. The first-order valence-electron chi connectivity index (χ1n) is 6.89. The Bertz CT molecular complexity index is 400. The SMILES string of the molecule is CCc1nc(Br)cc(NCC2(C)CCCCC2)n1. The van der Waals surface area contributed by atoms with Crippen molar-refractivity contribution in [3.8, 4) is 0 Å². The molecule has 2 rings (SSSR count). The van der Waals surface area contributed by atoms with Crippen molar-refractivity contribution in [2.45, 2.75) is 52.4 Å². The summed E-state index contributed by atoms with van der Waals surface area (Å²) in [7, 11) is 0. The lowest BCUT2D eigenvalue weighted by Gasteiger charge is -2.33. The Balaban J connectivity index is 1.98. The fourth-order valence-corrected chi connectivity index (χ4v) is 3.02. The predicted octanol–water partition coefficient (Wildman–Crippen LogP) is 4.18. The van der Waals surface area contributed by atoms with Crippen molar-refractivity contribution in [2.24, 2.45) is 5.41 Å². The van der Waals surface area contributed by atoms with Crippen molar-refractivity contribution in [3.05, 3.63) is 16.5 Å². The second-order valence-corrected chi connectivity index (χ2v) is 6.38. The first kappa shape index (κ1) is 13.8. The molecule has 1 aliphatic carbocycles. The van der Waals surface area contributed by atoms with Gasteiger partial charge >= 0.3 is 0 Å². The Morgan fingerprint density at radius 2 is 2.00 bits per heavy atom. The Morgan fingerprint density at radius 3 is 2.67 bits per heavy atom. The number of rotatable bonds is 4. The number of hydrogen-bond acceptors (Lipinski definition) is 3. The van der Waals surface area contributed by atoms with Crippen LogP contribution in [0.1, 0.15) is 51.8 Å². The third-order valence-electron chi connectivity index (χ3n) is 3.81. The molecule has 0 amide bonds. The van der Waals surface area contributed by atoms with E-state index in [-0.39, 0.29) is 0 Å². The van der Waals surface area contributed by atoms with Gasteiger partial charge in [0.2, 0.25) is 0 Å². The zero-order chi connectivity index (χ0) is 13.0. The largest absolute Gasteiger partial charge is 0.369 e. The molecule has 1 aliphatic rings. The highest BCUT2D eigenvalue weighted by atomic mass is 79.9. The molecule has 18 heavy (non-hydrogen) atoms. The van der Waals surface area contributed by atoms with Gasteiger partial charge in [0.1, 0.15) is 16.2 Å². The molecule has 0 saturated heterocycles. The second-order valence-electron chi connectivity index (χ2n) is 5.57. The van der Waals surface area contributed by atoms with Crippen molar-refractivity contribution in [3.63, 3.8) is 0 Å². The van der Waals surface area contributed by atoms with Gasteiger partial charge in [-0.25, -0.2) is 9.97 Å². The summed E-state index contributed by atoms with van der Waals surface area (Å²) in [6, 6.07) is 1.96. The molecule has 1 saturated carbocycles. The van der Waals surface area contributed by atoms with Crippen molar-refractivity contribution >= 4 is 21.7 Å². The molecule has 0 radical (unpaired) electrons. The highest BCUT2D eigenvalue weighted by Crippen LogP contribution is 2.35. The van der Waals surface area contributed by atoms with Crippen LogP contribution < -0.4 is 5.32 Å². The molecule has 1 aromatic rings.